The lowest BCUT2D eigenvalue weighted by Gasteiger charge is -2.17. The van der Waals surface area contributed by atoms with Crippen molar-refractivity contribution in [3.8, 4) is 5.75 Å². The van der Waals surface area contributed by atoms with E-state index in [0.29, 0.717) is 17.8 Å². The van der Waals surface area contributed by atoms with Gasteiger partial charge in [0.15, 0.2) is 5.11 Å². The summed E-state index contributed by atoms with van der Waals surface area (Å²) in [7, 11) is 0. The van der Waals surface area contributed by atoms with Crippen molar-refractivity contribution in [2.45, 2.75) is 25.8 Å². The summed E-state index contributed by atoms with van der Waals surface area (Å²) in [5.74, 6) is 0.792. The molecule has 2 aromatic rings. The Morgan fingerprint density at radius 2 is 2.00 bits per heavy atom. The minimum absolute atomic E-state index is 0.297. The summed E-state index contributed by atoms with van der Waals surface area (Å²) in [6.45, 7) is 6.28. The van der Waals surface area contributed by atoms with Crippen LogP contribution in [0.1, 0.15) is 18.9 Å². The summed E-state index contributed by atoms with van der Waals surface area (Å²) < 4.78 is 5.52. The normalized spacial score (nSPS) is 11.4. The molecule has 0 heterocycles. The Morgan fingerprint density at radius 1 is 1.21 bits per heavy atom. The van der Waals surface area contributed by atoms with E-state index in [0.717, 1.165) is 24.3 Å². The number of anilines is 1. The zero-order valence-corrected chi connectivity index (χ0v) is 14.8. The van der Waals surface area contributed by atoms with Crippen LogP contribution in [0.25, 0.3) is 0 Å². The number of thiocarbonyl (C=S) groups is 1. The van der Waals surface area contributed by atoms with Crippen LogP contribution in [0, 0.1) is 0 Å². The molecule has 2 N–H and O–H groups in total. The van der Waals surface area contributed by atoms with Crippen LogP contribution in [0.15, 0.2) is 67.3 Å². The highest BCUT2D eigenvalue weighted by molar-refractivity contribution is 7.80. The van der Waals surface area contributed by atoms with E-state index in [-0.39, 0.29) is 0 Å². The average Bonchev–Trinajstić information content (AvgIpc) is 2.59. The van der Waals surface area contributed by atoms with E-state index < -0.39 is 0 Å². The number of benzene rings is 2. The van der Waals surface area contributed by atoms with E-state index in [2.05, 4.69) is 48.4 Å². The van der Waals surface area contributed by atoms with E-state index in [4.69, 9.17) is 17.0 Å². The highest BCUT2D eigenvalue weighted by Crippen LogP contribution is 2.17. The Labute approximate surface area is 149 Å². The molecule has 4 heteroatoms. The zero-order chi connectivity index (χ0) is 17.2. The van der Waals surface area contributed by atoms with E-state index >= 15 is 0 Å². The monoisotopic (exact) mass is 340 g/mol. The maximum atomic E-state index is 5.52. The minimum Gasteiger partial charge on any atom is -0.489 e. The lowest BCUT2D eigenvalue weighted by Crippen LogP contribution is -2.36. The third-order valence-corrected chi connectivity index (χ3v) is 3.77. The van der Waals surface area contributed by atoms with Gasteiger partial charge in [-0.1, -0.05) is 49.1 Å². The fourth-order valence-electron chi connectivity index (χ4n) is 2.31. The molecule has 2 rings (SSSR count). The summed E-state index contributed by atoms with van der Waals surface area (Å²) in [5.41, 5.74) is 2.25. The summed E-state index contributed by atoms with van der Waals surface area (Å²) in [5, 5.41) is 7.15. The number of hydrogen-bond donors (Lipinski definition) is 2. The predicted octanol–water partition coefficient (Wildman–Crippen LogP) is 4.56. The van der Waals surface area contributed by atoms with Gasteiger partial charge in [0.2, 0.25) is 0 Å². The molecule has 0 saturated heterocycles. The van der Waals surface area contributed by atoms with Crippen molar-refractivity contribution in [1.29, 1.82) is 0 Å². The van der Waals surface area contributed by atoms with Crippen LogP contribution >= 0.6 is 12.2 Å². The number of ether oxygens (including phenoxy) is 1. The third-order valence-electron chi connectivity index (χ3n) is 3.55. The van der Waals surface area contributed by atoms with Crippen molar-refractivity contribution in [2.75, 3.05) is 11.9 Å². The van der Waals surface area contributed by atoms with Gasteiger partial charge >= 0.3 is 0 Å². The minimum atomic E-state index is 0.297. The van der Waals surface area contributed by atoms with Gasteiger partial charge in [-0.2, -0.15) is 0 Å². The maximum absolute atomic E-state index is 5.52. The maximum Gasteiger partial charge on any atom is 0.170 e. The second-order valence-corrected chi connectivity index (χ2v) is 6.06. The topological polar surface area (TPSA) is 33.3 Å². The van der Waals surface area contributed by atoms with Crippen molar-refractivity contribution in [3.05, 3.63) is 72.8 Å². The van der Waals surface area contributed by atoms with Gasteiger partial charge < -0.3 is 15.4 Å². The van der Waals surface area contributed by atoms with Crippen LogP contribution in [0.2, 0.25) is 0 Å². The molecule has 0 bridgehead atoms. The summed E-state index contributed by atoms with van der Waals surface area (Å²) in [6, 6.07) is 18.5. The van der Waals surface area contributed by atoms with E-state index in [1.807, 2.05) is 30.3 Å². The fraction of sp³-hybridized carbons (Fsp3) is 0.250. The molecule has 0 unspecified atom stereocenters. The van der Waals surface area contributed by atoms with Crippen molar-refractivity contribution >= 4 is 23.0 Å². The molecule has 0 aliphatic carbocycles. The lowest BCUT2D eigenvalue weighted by atomic mass is 10.1. The number of nitrogens with one attached hydrogen (secondary N) is 2. The third kappa shape index (κ3) is 6.42. The zero-order valence-electron chi connectivity index (χ0n) is 14.0. The van der Waals surface area contributed by atoms with Crippen LogP contribution in [0.3, 0.4) is 0 Å². The van der Waals surface area contributed by atoms with E-state index in [1.54, 1.807) is 6.08 Å². The van der Waals surface area contributed by atoms with Crippen LogP contribution in [-0.4, -0.2) is 17.8 Å². The molecule has 0 spiro atoms. The number of rotatable bonds is 8. The Bertz CT molecular complexity index is 658. The Balaban J connectivity index is 1.78. The second kappa shape index (κ2) is 9.73. The molecular formula is C20H24N2OS. The highest BCUT2D eigenvalue weighted by Gasteiger charge is 2.05. The van der Waals surface area contributed by atoms with Crippen LogP contribution in [-0.2, 0) is 6.42 Å². The van der Waals surface area contributed by atoms with E-state index in [9.17, 15) is 0 Å². The molecule has 0 saturated carbocycles. The molecule has 1 atom stereocenters. The average molecular weight is 340 g/mol. The second-order valence-electron chi connectivity index (χ2n) is 5.65. The summed E-state index contributed by atoms with van der Waals surface area (Å²) in [4.78, 5) is 0. The molecule has 2 aromatic carbocycles. The molecule has 0 radical (unpaired) electrons. The molecule has 0 amide bonds. The quantitative estimate of drug-likeness (QED) is 0.545. The molecule has 0 fully saturated rings. The Morgan fingerprint density at radius 3 is 2.75 bits per heavy atom. The van der Waals surface area contributed by atoms with Crippen LogP contribution in [0.4, 0.5) is 5.69 Å². The van der Waals surface area contributed by atoms with Crippen molar-refractivity contribution in [1.82, 2.24) is 5.32 Å². The van der Waals surface area contributed by atoms with Gasteiger partial charge in [-0.05, 0) is 49.7 Å². The Hall–Kier alpha value is -2.33. The van der Waals surface area contributed by atoms with Gasteiger partial charge in [0.25, 0.3) is 0 Å². The van der Waals surface area contributed by atoms with Crippen molar-refractivity contribution in [2.24, 2.45) is 0 Å². The first-order valence-electron chi connectivity index (χ1n) is 8.12. The molecule has 24 heavy (non-hydrogen) atoms. The fourth-order valence-corrected chi connectivity index (χ4v) is 2.63. The summed E-state index contributed by atoms with van der Waals surface area (Å²) in [6.07, 6.45) is 3.78. The SMILES string of the molecule is C=CCOc1cccc(NC(=S)N[C@H](C)CCc2ccccc2)c1. The van der Waals surface area contributed by atoms with Crippen LogP contribution < -0.4 is 15.4 Å². The molecule has 0 aromatic heterocycles. The van der Waals surface area contributed by atoms with Gasteiger partial charge in [-0.15, -0.1) is 0 Å². The molecule has 0 aliphatic heterocycles. The number of aryl methyl sites for hydroxylation is 1. The first-order valence-corrected chi connectivity index (χ1v) is 8.53. The van der Waals surface area contributed by atoms with Gasteiger partial charge in [-0.3, -0.25) is 0 Å². The van der Waals surface area contributed by atoms with Gasteiger partial charge in [0.1, 0.15) is 12.4 Å². The first-order chi connectivity index (χ1) is 11.7. The predicted molar refractivity (Wildman–Crippen MR) is 106 cm³/mol. The van der Waals surface area contributed by atoms with Gasteiger partial charge in [0, 0.05) is 17.8 Å². The summed E-state index contributed by atoms with van der Waals surface area (Å²) >= 11 is 5.39. The smallest absolute Gasteiger partial charge is 0.170 e. The number of hydrogen-bond acceptors (Lipinski definition) is 2. The highest BCUT2D eigenvalue weighted by atomic mass is 32.1. The molecule has 3 nitrogen and oxygen atoms in total. The van der Waals surface area contributed by atoms with Crippen molar-refractivity contribution in [3.63, 3.8) is 0 Å². The van der Waals surface area contributed by atoms with E-state index in [1.165, 1.54) is 5.56 Å². The first kappa shape index (κ1) is 18.0. The molecule has 126 valence electrons. The standard InChI is InChI=1S/C20H24N2OS/c1-3-14-23-19-11-7-10-18(15-19)22-20(24)21-16(2)12-13-17-8-5-4-6-9-17/h3-11,15-16H,1,12-14H2,2H3,(H2,21,22,24)/t16-/m1/s1. The lowest BCUT2D eigenvalue weighted by molar-refractivity contribution is 0.363. The Kier molecular flexibility index (Phi) is 7.30. The van der Waals surface area contributed by atoms with Crippen LogP contribution in [0.5, 0.6) is 5.75 Å². The molecular weight excluding hydrogens is 316 g/mol. The molecule has 0 aliphatic rings. The van der Waals surface area contributed by atoms with Gasteiger partial charge in [0.05, 0.1) is 0 Å². The van der Waals surface area contributed by atoms with Gasteiger partial charge in [-0.25, -0.2) is 0 Å². The van der Waals surface area contributed by atoms with Crippen molar-refractivity contribution < 1.29 is 4.74 Å². The largest absolute Gasteiger partial charge is 0.489 e.